The first-order valence-corrected chi connectivity index (χ1v) is 9.69. The molecule has 0 aliphatic rings. The number of benzene rings is 2. The van der Waals surface area contributed by atoms with E-state index in [1.165, 1.54) is 0 Å². The number of aliphatic imine (C=N–C) groups is 1. The highest BCUT2D eigenvalue weighted by atomic mass is 16.5. The normalized spacial score (nSPS) is 11.5. The molecule has 30 heavy (non-hydrogen) atoms. The van der Waals surface area contributed by atoms with E-state index in [-0.39, 0.29) is 12.8 Å². The predicted molar refractivity (Wildman–Crippen MR) is 117 cm³/mol. The van der Waals surface area contributed by atoms with Crippen LogP contribution >= 0.6 is 0 Å². The van der Waals surface area contributed by atoms with E-state index in [0.29, 0.717) is 37.6 Å². The Hall–Kier alpha value is -3.61. The zero-order chi connectivity index (χ0) is 21.8. The quantitative estimate of drug-likeness (QED) is 0.278. The molecule has 158 valence electrons. The molecule has 7 heteroatoms. The summed E-state index contributed by atoms with van der Waals surface area (Å²) in [5.41, 5.74) is 8.88. The highest BCUT2D eigenvalue weighted by Gasteiger charge is 2.01. The van der Waals surface area contributed by atoms with E-state index in [1.807, 2.05) is 54.6 Å². The molecule has 0 saturated heterocycles. The molecule has 2 rings (SSSR count). The largest absolute Gasteiger partial charge is 0.494 e. The van der Waals surface area contributed by atoms with E-state index in [9.17, 15) is 9.59 Å². The van der Waals surface area contributed by atoms with E-state index in [2.05, 4.69) is 4.99 Å². The minimum absolute atomic E-state index is 0.0831. The molecule has 0 aromatic heterocycles. The SMILES string of the molecule is NC(/C=C/c1ccc(-c2ccc(OCCCC(=O)O)cc2)cc1)=NCCCC(=O)O. The van der Waals surface area contributed by atoms with Crippen molar-refractivity contribution >= 4 is 23.9 Å². The van der Waals surface area contributed by atoms with Crippen LogP contribution in [0.25, 0.3) is 17.2 Å². The van der Waals surface area contributed by atoms with Crippen LogP contribution in [0.1, 0.15) is 31.2 Å². The highest BCUT2D eigenvalue weighted by Crippen LogP contribution is 2.23. The average molecular weight is 410 g/mol. The minimum Gasteiger partial charge on any atom is -0.494 e. The fourth-order valence-corrected chi connectivity index (χ4v) is 2.62. The summed E-state index contributed by atoms with van der Waals surface area (Å²) in [6.45, 7) is 0.763. The van der Waals surface area contributed by atoms with Gasteiger partial charge < -0.3 is 20.7 Å². The molecule has 0 bridgehead atoms. The maximum Gasteiger partial charge on any atom is 0.303 e. The van der Waals surface area contributed by atoms with Gasteiger partial charge >= 0.3 is 11.9 Å². The molecule has 0 saturated carbocycles. The Labute approximate surface area is 175 Å². The van der Waals surface area contributed by atoms with Crippen molar-refractivity contribution in [3.8, 4) is 16.9 Å². The standard InChI is InChI=1S/C23H26N2O5/c24-21(25-15-1-3-22(26)27)14-7-17-5-8-18(9-6-17)19-10-12-20(13-11-19)30-16-2-4-23(28)29/h5-14H,1-4,15-16H2,(H2,24,25)(H,26,27)(H,28,29)/b14-7+. The third-order valence-electron chi connectivity index (χ3n) is 4.19. The number of rotatable bonds is 12. The number of carboxylic acids is 2. The zero-order valence-corrected chi connectivity index (χ0v) is 16.7. The van der Waals surface area contributed by atoms with E-state index in [0.717, 1.165) is 16.7 Å². The van der Waals surface area contributed by atoms with Gasteiger partial charge in [-0.15, -0.1) is 0 Å². The van der Waals surface area contributed by atoms with Gasteiger partial charge in [-0.3, -0.25) is 14.6 Å². The zero-order valence-electron chi connectivity index (χ0n) is 16.7. The van der Waals surface area contributed by atoms with Crippen molar-refractivity contribution in [2.45, 2.75) is 25.7 Å². The Kier molecular flexibility index (Phi) is 9.12. The molecule has 0 fully saturated rings. The highest BCUT2D eigenvalue weighted by molar-refractivity contribution is 5.95. The van der Waals surface area contributed by atoms with Crippen molar-refractivity contribution in [3.05, 3.63) is 60.2 Å². The molecular weight excluding hydrogens is 384 g/mol. The number of nitrogens with zero attached hydrogens (tertiary/aromatic N) is 1. The van der Waals surface area contributed by atoms with Crippen LogP contribution in [0.15, 0.2) is 59.6 Å². The van der Waals surface area contributed by atoms with Crippen LogP contribution in [-0.2, 0) is 9.59 Å². The Morgan fingerprint density at radius 2 is 1.47 bits per heavy atom. The van der Waals surface area contributed by atoms with Gasteiger partial charge in [0.2, 0.25) is 0 Å². The minimum atomic E-state index is -0.836. The summed E-state index contributed by atoms with van der Waals surface area (Å²) >= 11 is 0. The summed E-state index contributed by atoms with van der Waals surface area (Å²) in [6.07, 6.45) is 4.68. The molecule has 2 aromatic carbocycles. The number of hydrogen-bond acceptors (Lipinski definition) is 4. The second-order valence-corrected chi connectivity index (χ2v) is 6.63. The second-order valence-electron chi connectivity index (χ2n) is 6.63. The summed E-state index contributed by atoms with van der Waals surface area (Å²) in [4.78, 5) is 25.1. The topological polar surface area (TPSA) is 122 Å². The van der Waals surface area contributed by atoms with Gasteiger partial charge in [0, 0.05) is 19.4 Å². The maximum atomic E-state index is 10.5. The van der Waals surface area contributed by atoms with Crippen molar-refractivity contribution in [3.63, 3.8) is 0 Å². The number of hydrogen-bond donors (Lipinski definition) is 3. The third-order valence-corrected chi connectivity index (χ3v) is 4.19. The van der Waals surface area contributed by atoms with E-state index < -0.39 is 11.9 Å². The molecule has 0 heterocycles. The van der Waals surface area contributed by atoms with E-state index in [4.69, 9.17) is 20.7 Å². The van der Waals surface area contributed by atoms with Crippen molar-refractivity contribution in [1.82, 2.24) is 0 Å². The number of aliphatic carboxylic acids is 2. The average Bonchev–Trinajstić information content (AvgIpc) is 2.73. The van der Waals surface area contributed by atoms with Crippen LogP contribution in [0.2, 0.25) is 0 Å². The predicted octanol–water partition coefficient (Wildman–Crippen LogP) is 3.83. The Bertz CT molecular complexity index is 887. The molecule has 0 radical (unpaired) electrons. The fraction of sp³-hybridized carbons (Fsp3) is 0.261. The van der Waals surface area contributed by atoms with E-state index in [1.54, 1.807) is 6.08 Å². The summed E-state index contributed by atoms with van der Waals surface area (Å²) in [6, 6.07) is 15.6. The van der Waals surface area contributed by atoms with Crippen LogP contribution in [0.5, 0.6) is 5.75 Å². The lowest BCUT2D eigenvalue weighted by Gasteiger charge is -2.07. The Balaban J connectivity index is 1.86. The fourth-order valence-electron chi connectivity index (χ4n) is 2.62. The van der Waals surface area contributed by atoms with Crippen LogP contribution in [0.4, 0.5) is 0 Å². The first kappa shape index (κ1) is 22.7. The van der Waals surface area contributed by atoms with Gasteiger partial charge in [-0.25, -0.2) is 0 Å². The first-order chi connectivity index (χ1) is 14.4. The molecule has 0 unspecified atom stereocenters. The molecule has 0 atom stereocenters. The summed E-state index contributed by atoms with van der Waals surface area (Å²) < 4.78 is 5.54. The van der Waals surface area contributed by atoms with Crippen molar-refractivity contribution in [1.29, 1.82) is 0 Å². The molecule has 0 aliphatic carbocycles. The lowest BCUT2D eigenvalue weighted by atomic mass is 10.0. The van der Waals surface area contributed by atoms with Crippen LogP contribution in [0.3, 0.4) is 0 Å². The molecular formula is C23H26N2O5. The smallest absolute Gasteiger partial charge is 0.303 e. The van der Waals surface area contributed by atoms with Gasteiger partial charge in [0.25, 0.3) is 0 Å². The second kappa shape index (κ2) is 12.1. The van der Waals surface area contributed by atoms with E-state index >= 15 is 0 Å². The van der Waals surface area contributed by atoms with Gasteiger partial charge in [0.05, 0.1) is 6.61 Å². The van der Waals surface area contributed by atoms with Crippen molar-refractivity contribution < 1.29 is 24.5 Å². The third kappa shape index (κ3) is 8.60. The van der Waals surface area contributed by atoms with Gasteiger partial charge in [-0.05, 0) is 47.7 Å². The number of amidine groups is 1. The molecule has 4 N–H and O–H groups in total. The van der Waals surface area contributed by atoms with Gasteiger partial charge in [0.15, 0.2) is 0 Å². The van der Waals surface area contributed by atoms with Crippen LogP contribution in [0, 0.1) is 0 Å². The summed E-state index contributed by atoms with van der Waals surface area (Å²) in [5.74, 6) is -0.583. The lowest BCUT2D eigenvalue weighted by Crippen LogP contribution is -2.08. The number of ether oxygens (including phenoxy) is 1. The monoisotopic (exact) mass is 410 g/mol. The van der Waals surface area contributed by atoms with Crippen LogP contribution in [-0.4, -0.2) is 41.1 Å². The summed E-state index contributed by atoms with van der Waals surface area (Å²) in [7, 11) is 0. The number of carbonyl (C=O) groups is 2. The van der Waals surface area contributed by atoms with Gasteiger partial charge in [0.1, 0.15) is 11.6 Å². The molecule has 0 aliphatic heterocycles. The van der Waals surface area contributed by atoms with Crippen LogP contribution < -0.4 is 10.5 Å². The maximum absolute atomic E-state index is 10.5. The molecule has 0 amide bonds. The Morgan fingerprint density at radius 3 is 2.07 bits per heavy atom. The number of nitrogens with two attached hydrogens (primary N) is 1. The molecule has 0 spiro atoms. The number of carboxylic acid groups (broad SMARTS) is 2. The molecule has 2 aromatic rings. The van der Waals surface area contributed by atoms with Crippen molar-refractivity contribution in [2.75, 3.05) is 13.2 Å². The van der Waals surface area contributed by atoms with Gasteiger partial charge in [-0.1, -0.05) is 42.5 Å². The molecule has 7 nitrogen and oxygen atoms in total. The summed E-state index contributed by atoms with van der Waals surface area (Å²) in [5, 5.41) is 17.2. The Morgan fingerprint density at radius 1 is 0.900 bits per heavy atom. The lowest BCUT2D eigenvalue weighted by molar-refractivity contribution is -0.138. The van der Waals surface area contributed by atoms with Gasteiger partial charge in [-0.2, -0.15) is 0 Å². The van der Waals surface area contributed by atoms with Crippen molar-refractivity contribution in [2.24, 2.45) is 10.7 Å². The first-order valence-electron chi connectivity index (χ1n) is 9.69.